The second-order valence-electron chi connectivity index (χ2n) is 8.09. The van der Waals surface area contributed by atoms with Crippen LogP contribution in [0, 0.1) is 0 Å². The number of nitrogens with one attached hydrogen (secondary N) is 1. The minimum atomic E-state index is -1.14. The first-order valence-corrected chi connectivity index (χ1v) is 9.66. The number of ether oxygens (including phenoxy) is 2. The summed E-state index contributed by atoms with van der Waals surface area (Å²) in [5.41, 5.74) is -0.605. The molecule has 27 heavy (non-hydrogen) atoms. The van der Waals surface area contributed by atoms with Crippen molar-refractivity contribution < 1.29 is 24.2 Å². The van der Waals surface area contributed by atoms with Crippen molar-refractivity contribution in [2.45, 2.75) is 70.4 Å². The fourth-order valence-electron chi connectivity index (χ4n) is 3.54. The van der Waals surface area contributed by atoms with Crippen molar-refractivity contribution in [3.05, 3.63) is 12.7 Å². The fourth-order valence-corrected chi connectivity index (χ4v) is 3.54. The Hall–Kier alpha value is -1.80. The van der Waals surface area contributed by atoms with E-state index >= 15 is 0 Å². The number of hydrogen-bond donors (Lipinski definition) is 2. The number of nitrogens with zero attached hydrogens (tertiary/aromatic N) is 2. The third kappa shape index (κ3) is 6.10. The van der Waals surface area contributed by atoms with Crippen LogP contribution >= 0.6 is 0 Å². The Morgan fingerprint density at radius 3 is 2.59 bits per heavy atom. The number of aliphatic hydroxyl groups excluding tert-OH is 1. The second kappa shape index (κ2) is 9.41. The number of carbonyl (C=O) groups is 2. The van der Waals surface area contributed by atoms with Crippen LogP contribution in [0.5, 0.6) is 0 Å². The molecule has 3 atom stereocenters. The van der Waals surface area contributed by atoms with Crippen LogP contribution in [0.3, 0.4) is 0 Å². The number of amides is 3. The highest BCUT2D eigenvalue weighted by Gasteiger charge is 2.38. The maximum absolute atomic E-state index is 12.6. The van der Waals surface area contributed by atoms with E-state index < -0.39 is 24.0 Å². The Morgan fingerprint density at radius 2 is 1.93 bits per heavy atom. The predicted molar refractivity (Wildman–Crippen MR) is 101 cm³/mol. The van der Waals surface area contributed by atoms with E-state index in [1.54, 1.807) is 31.7 Å². The first-order valence-electron chi connectivity index (χ1n) is 9.66. The molecule has 0 spiro atoms. The smallest absolute Gasteiger partial charge is 0.410 e. The van der Waals surface area contributed by atoms with E-state index in [9.17, 15) is 14.7 Å². The monoisotopic (exact) mass is 383 g/mol. The molecule has 0 aromatic carbocycles. The maximum Gasteiger partial charge on any atom is 0.410 e. The minimum Gasteiger partial charge on any atom is -0.444 e. The zero-order valence-corrected chi connectivity index (χ0v) is 16.6. The minimum absolute atomic E-state index is 0.0114. The average Bonchev–Trinajstić information content (AvgIpc) is 3.22. The lowest BCUT2D eigenvalue weighted by Gasteiger charge is -2.32. The molecule has 0 aromatic heterocycles. The van der Waals surface area contributed by atoms with Gasteiger partial charge in [0.05, 0.1) is 25.3 Å². The molecule has 2 aliphatic heterocycles. The molecule has 0 aromatic rings. The Kier molecular flexibility index (Phi) is 7.49. The highest BCUT2D eigenvalue weighted by Crippen LogP contribution is 2.23. The summed E-state index contributed by atoms with van der Waals surface area (Å²) in [6.45, 7) is 11.0. The van der Waals surface area contributed by atoms with Crippen LogP contribution in [0.2, 0.25) is 0 Å². The quantitative estimate of drug-likeness (QED) is 0.416. The second-order valence-corrected chi connectivity index (χ2v) is 8.09. The topological polar surface area (TPSA) is 91.3 Å². The molecule has 2 aliphatic rings. The van der Waals surface area contributed by atoms with E-state index in [0.29, 0.717) is 32.7 Å². The molecule has 0 aliphatic carbocycles. The lowest BCUT2D eigenvalue weighted by atomic mass is 10.2. The molecule has 2 N–H and O–H groups in total. The van der Waals surface area contributed by atoms with Gasteiger partial charge in [-0.3, -0.25) is 0 Å². The van der Waals surface area contributed by atoms with Gasteiger partial charge in [0.1, 0.15) is 11.8 Å². The van der Waals surface area contributed by atoms with Gasteiger partial charge in [-0.15, -0.1) is 6.58 Å². The molecule has 3 amide bonds. The Labute approximate surface area is 161 Å². The molecular formula is C19H33N3O5. The average molecular weight is 383 g/mol. The van der Waals surface area contributed by atoms with Gasteiger partial charge in [0.15, 0.2) is 0 Å². The van der Waals surface area contributed by atoms with Gasteiger partial charge in [-0.2, -0.15) is 0 Å². The van der Waals surface area contributed by atoms with Gasteiger partial charge in [0.25, 0.3) is 0 Å². The van der Waals surface area contributed by atoms with E-state index in [2.05, 4.69) is 11.9 Å². The lowest BCUT2D eigenvalue weighted by Crippen LogP contribution is -2.55. The number of urea groups is 1. The van der Waals surface area contributed by atoms with Crippen molar-refractivity contribution in [2.75, 3.05) is 26.3 Å². The molecule has 0 radical (unpaired) electrons. The number of aliphatic hydroxyl groups is 1. The Morgan fingerprint density at radius 1 is 1.26 bits per heavy atom. The maximum atomic E-state index is 12.6. The van der Waals surface area contributed by atoms with Crippen molar-refractivity contribution in [1.82, 2.24) is 15.1 Å². The van der Waals surface area contributed by atoms with Crippen LogP contribution in [-0.2, 0) is 9.47 Å². The van der Waals surface area contributed by atoms with Crippen molar-refractivity contribution in [2.24, 2.45) is 0 Å². The Bertz CT molecular complexity index is 534. The zero-order chi connectivity index (χ0) is 20.0. The van der Waals surface area contributed by atoms with E-state index in [1.807, 2.05) is 0 Å². The summed E-state index contributed by atoms with van der Waals surface area (Å²) in [5, 5.41) is 13.2. The van der Waals surface area contributed by atoms with Crippen molar-refractivity contribution >= 4 is 12.1 Å². The van der Waals surface area contributed by atoms with Crippen LogP contribution in [0.15, 0.2) is 12.7 Å². The molecule has 0 saturated carbocycles. The SMILES string of the molecule is C=CCOC[C@H]1CCCN1C(=O)N[C@@H](O)[C@H]1CCCN1C(=O)OC(C)(C)C. The summed E-state index contributed by atoms with van der Waals surface area (Å²) in [7, 11) is 0. The van der Waals surface area contributed by atoms with E-state index in [-0.39, 0.29) is 12.1 Å². The number of hydrogen-bond acceptors (Lipinski definition) is 5. The van der Waals surface area contributed by atoms with E-state index in [4.69, 9.17) is 9.47 Å². The largest absolute Gasteiger partial charge is 0.444 e. The molecule has 8 heteroatoms. The third-order valence-corrected chi connectivity index (χ3v) is 4.75. The van der Waals surface area contributed by atoms with Crippen LogP contribution in [0.4, 0.5) is 9.59 Å². The molecule has 2 saturated heterocycles. The van der Waals surface area contributed by atoms with Gasteiger partial charge in [-0.1, -0.05) is 6.08 Å². The third-order valence-electron chi connectivity index (χ3n) is 4.75. The van der Waals surface area contributed by atoms with Crippen LogP contribution in [-0.4, -0.2) is 77.2 Å². The summed E-state index contributed by atoms with van der Waals surface area (Å²) in [4.78, 5) is 28.2. The molecule has 2 fully saturated rings. The first-order chi connectivity index (χ1) is 12.7. The molecule has 2 rings (SSSR count). The fraction of sp³-hybridized carbons (Fsp3) is 0.789. The summed E-state index contributed by atoms with van der Waals surface area (Å²) in [6.07, 6.45) is 3.23. The highest BCUT2D eigenvalue weighted by atomic mass is 16.6. The highest BCUT2D eigenvalue weighted by molar-refractivity contribution is 5.75. The van der Waals surface area contributed by atoms with Crippen molar-refractivity contribution in [3.63, 3.8) is 0 Å². The summed E-state index contributed by atoms with van der Waals surface area (Å²) in [5.74, 6) is 0. The first kappa shape index (κ1) is 21.5. The summed E-state index contributed by atoms with van der Waals surface area (Å²) in [6, 6.07) is -0.826. The van der Waals surface area contributed by atoms with Gasteiger partial charge in [0, 0.05) is 13.1 Å². The van der Waals surface area contributed by atoms with Crippen LogP contribution in [0.1, 0.15) is 46.5 Å². The molecule has 0 unspecified atom stereocenters. The van der Waals surface area contributed by atoms with Gasteiger partial charge in [-0.05, 0) is 46.5 Å². The van der Waals surface area contributed by atoms with Gasteiger partial charge >= 0.3 is 12.1 Å². The van der Waals surface area contributed by atoms with E-state index in [1.165, 1.54) is 4.90 Å². The number of carbonyl (C=O) groups excluding carboxylic acids is 2. The number of likely N-dealkylation sites (tertiary alicyclic amines) is 2. The molecular weight excluding hydrogens is 350 g/mol. The van der Waals surface area contributed by atoms with Gasteiger partial charge < -0.3 is 29.7 Å². The Balaban J connectivity index is 1.90. The molecule has 154 valence electrons. The van der Waals surface area contributed by atoms with Crippen LogP contribution in [0.25, 0.3) is 0 Å². The standard InChI is InChI=1S/C19H33N3O5/c1-5-12-26-13-14-8-6-10-21(14)17(24)20-16(23)15-9-7-11-22(15)18(25)27-19(2,3)4/h5,14-16,23H,1,6-13H2,2-4H3,(H,20,24)/t14-,15-,16+/m1/s1. The zero-order valence-electron chi connectivity index (χ0n) is 16.6. The predicted octanol–water partition coefficient (Wildman–Crippen LogP) is 2.08. The summed E-state index contributed by atoms with van der Waals surface area (Å²) < 4.78 is 10.9. The van der Waals surface area contributed by atoms with Gasteiger partial charge in [-0.25, -0.2) is 9.59 Å². The molecule has 8 nitrogen and oxygen atoms in total. The summed E-state index contributed by atoms with van der Waals surface area (Å²) >= 11 is 0. The lowest BCUT2D eigenvalue weighted by molar-refractivity contribution is -0.000381. The van der Waals surface area contributed by atoms with Gasteiger partial charge in [0.2, 0.25) is 0 Å². The van der Waals surface area contributed by atoms with Crippen molar-refractivity contribution in [1.29, 1.82) is 0 Å². The van der Waals surface area contributed by atoms with E-state index in [0.717, 1.165) is 19.3 Å². The molecule has 2 heterocycles. The van der Waals surface area contributed by atoms with Crippen LogP contribution < -0.4 is 5.32 Å². The van der Waals surface area contributed by atoms with Crippen molar-refractivity contribution in [3.8, 4) is 0 Å². The number of rotatable bonds is 6. The normalized spacial score (nSPS) is 24.0. The molecule has 0 bridgehead atoms.